The van der Waals surface area contributed by atoms with Gasteiger partial charge < -0.3 is 5.73 Å². The topological polar surface area (TPSA) is 43.8 Å². The van der Waals surface area contributed by atoms with Crippen LogP contribution in [0.5, 0.6) is 0 Å². The van der Waals surface area contributed by atoms with Crippen LogP contribution < -0.4 is 5.73 Å². The highest BCUT2D eigenvalue weighted by Crippen LogP contribution is 2.07. The van der Waals surface area contributed by atoms with Crippen LogP contribution in [0.4, 0.5) is 0 Å². The van der Waals surface area contributed by atoms with Crippen molar-refractivity contribution in [1.29, 1.82) is 0 Å². The third-order valence-electron chi connectivity index (χ3n) is 2.54. The minimum atomic E-state index is 0.212. The predicted molar refractivity (Wildman–Crippen MR) is 54.4 cm³/mol. The zero-order chi connectivity index (χ0) is 9.84. The van der Waals surface area contributed by atoms with Gasteiger partial charge in [0.1, 0.15) is 0 Å². The van der Waals surface area contributed by atoms with Gasteiger partial charge in [-0.05, 0) is 18.4 Å². The molecule has 1 heterocycles. The van der Waals surface area contributed by atoms with E-state index in [1.807, 2.05) is 24.0 Å². The second kappa shape index (κ2) is 4.42. The minimum Gasteiger partial charge on any atom is -0.326 e. The predicted octanol–water partition coefficient (Wildman–Crippen LogP) is 1.56. The van der Waals surface area contributed by atoms with Gasteiger partial charge >= 0.3 is 0 Å². The summed E-state index contributed by atoms with van der Waals surface area (Å²) >= 11 is 0. The summed E-state index contributed by atoms with van der Waals surface area (Å²) in [5.74, 6) is 0.560. The largest absolute Gasteiger partial charge is 0.326 e. The molecule has 3 nitrogen and oxygen atoms in total. The molecule has 0 aliphatic heterocycles. The van der Waals surface area contributed by atoms with Gasteiger partial charge in [-0.15, -0.1) is 0 Å². The Morgan fingerprint density at radius 3 is 2.77 bits per heavy atom. The molecule has 0 aliphatic rings. The average Bonchev–Trinajstić information content (AvgIpc) is 2.49. The highest BCUT2D eigenvalue weighted by molar-refractivity contribution is 4.99. The second-order valence-electron chi connectivity index (χ2n) is 3.79. The molecule has 0 bridgehead atoms. The lowest BCUT2D eigenvalue weighted by molar-refractivity contribution is 0.381. The Morgan fingerprint density at radius 2 is 2.31 bits per heavy atom. The van der Waals surface area contributed by atoms with Crippen LogP contribution in [0, 0.1) is 12.8 Å². The van der Waals surface area contributed by atoms with Crippen molar-refractivity contribution in [3.63, 3.8) is 0 Å². The molecule has 1 rings (SSSR count). The molecule has 0 saturated carbocycles. The van der Waals surface area contributed by atoms with E-state index >= 15 is 0 Å². The number of rotatable bonds is 4. The van der Waals surface area contributed by atoms with Gasteiger partial charge in [0, 0.05) is 12.2 Å². The SMILES string of the molecule is CCC(C)C(N)Cn1cc(C)cn1. The van der Waals surface area contributed by atoms with Crippen molar-refractivity contribution in [1.82, 2.24) is 9.78 Å². The van der Waals surface area contributed by atoms with Gasteiger partial charge in [-0.3, -0.25) is 4.68 Å². The first-order chi connectivity index (χ1) is 6.13. The molecule has 0 amide bonds. The fourth-order valence-electron chi connectivity index (χ4n) is 1.27. The highest BCUT2D eigenvalue weighted by atomic mass is 15.3. The smallest absolute Gasteiger partial charge is 0.0563 e. The number of aryl methyl sites for hydroxylation is 1. The van der Waals surface area contributed by atoms with Gasteiger partial charge in [0.2, 0.25) is 0 Å². The molecule has 2 unspecified atom stereocenters. The summed E-state index contributed by atoms with van der Waals surface area (Å²) in [4.78, 5) is 0. The lowest BCUT2D eigenvalue weighted by Gasteiger charge is -2.17. The molecule has 3 heteroatoms. The Bertz CT molecular complexity index is 254. The Morgan fingerprint density at radius 1 is 1.62 bits per heavy atom. The molecular formula is C10H19N3. The van der Waals surface area contributed by atoms with E-state index in [9.17, 15) is 0 Å². The Hall–Kier alpha value is -0.830. The Labute approximate surface area is 79.9 Å². The molecule has 0 aliphatic carbocycles. The minimum absolute atomic E-state index is 0.212. The maximum atomic E-state index is 6.01. The van der Waals surface area contributed by atoms with Crippen LogP contribution in [0.2, 0.25) is 0 Å². The average molecular weight is 181 g/mol. The van der Waals surface area contributed by atoms with Gasteiger partial charge in [0.05, 0.1) is 12.7 Å². The van der Waals surface area contributed by atoms with Crippen LogP contribution in [0.3, 0.4) is 0 Å². The lowest BCUT2D eigenvalue weighted by Crippen LogP contribution is -2.32. The van der Waals surface area contributed by atoms with Crippen molar-refractivity contribution in [2.45, 2.75) is 39.8 Å². The number of nitrogens with zero attached hydrogens (tertiary/aromatic N) is 2. The summed E-state index contributed by atoms with van der Waals surface area (Å²) in [5.41, 5.74) is 7.20. The quantitative estimate of drug-likeness (QED) is 0.766. The summed E-state index contributed by atoms with van der Waals surface area (Å²) in [7, 11) is 0. The first-order valence-electron chi connectivity index (χ1n) is 4.88. The van der Waals surface area contributed by atoms with Crippen molar-refractivity contribution in [2.75, 3.05) is 0 Å². The van der Waals surface area contributed by atoms with Crippen molar-refractivity contribution in [3.8, 4) is 0 Å². The molecule has 2 N–H and O–H groups in total. The summed E-state index contributed by atoms with van der Waals surface area (Å²) in [6.45, 7) is 7.21. The van der Waals surface area contributed by atoms with Crippen LogP contribution in [0.25, 0.3) is 0 Å². The molecule has 13 heavy (non-hydrogen) atoms. The maximum absolute atomic E-state index is 6.01. The lowest BCUT2D eigenvalue weighted by atomic mass is 10.0. The van der Waals surface area contributed by atoms with Gasteiger partial charge in [0.15, 0.2) is 0 Å². The molecule has 0 radical (unpaired) electrons. The molecule has 0 aromatic carbocycles. The first kappa shape index (κ1) is 10.3. The summed E-state index contributed by atoms with van der Waals surface area (Å²) in [6.07, 6.45) is 5.02. The summed E-state index contributed by atoms with van der Waals surface area (Å²) in [5, 5.41) is 4.21. The Kier molecular flexibility index (Phi) is 3.48. The van der Waals surface area contributed by atoms with Crippen LogP contribution in [0.1, 0.15) is 25.8 Å². The van der Waals surface area contributed by atoms with E-state index < -0.39 is 0 Å². The first-order valence-corrected chi connectivity index (χ1v) is 4.88. The van der Waals surface area contributed by atoms with Gasteiger partial charge in [0.25, 0.3) is 0 Å². The normalized spacial score (nSPS) is 15.7. The van der Waals surface area contributed by atoms with Crippen LogP contribution >= 0.6 is 0 Å². The molecule has 0 spiro atoms. The molecule has 0 fully saturated rings. The van der Waals surface area contributed by atoms with Gasteiger partial charge in [-0.25, -0.2) is 0 Å². The highest BCUT2D eigenvalue weighted by Gasteiger charge is 2.11. The molecule has 1 aromatic heterocycles. The van der Waals surface area contributed by atoms with E-state index in [0.29, 0.717) is 5.92 Å². The van der Waals surface area contributed by atoms with E-state index in [1.54, 1.807) is 0 Å². The monoisotopic (exact) mass is 181 g/mol. The molecule has 1 aromatic rings. The van der Waals surface area contributed by atoms with Gasteiger partial charge in [-0.1, -0.05) is 20.3 Å². The third kappa shape index (κ3) is 2.84. The van der Waals surface area contributed by atoms with Crippen molar-refractivity contribution >= 4 is 0 Å². The molecule has 2 atom stereocenters. The summed E-state index contributed by atoms with van der Waals surface area (Å²) in [6, 6.07) is 0.212. The Balaban J connectivity index is 2.49. The molecule has 74 valence electrons. The zero-order valence-electron chi connectivity index (χ0n) is 8.70. The van der Waals surface area contributed by atoms with Crippen LogP contribution in [-0.4, -0.2) is 15.8 Å². The van der Waals surface area contributed by atoms with Crippen LogP contribution in [0.15, 0.2) is 12.4 Å². The van der Waals surface area contributed by atoms with E-state index in [0.717, 1.165) is 13.0 Å². The fourth-order valence-corrected chi connectivity index (χ4v) is 1.27. The number of hydrogen-bond donors (Lipinski definition) is 1. The third-order valence-corrected chi connectivity index (χ3v) is 2.54. The van der Waals surface area contributed by atoms with Crippen molar-refractivity contribution < 1.29 is 0 Å². The van der Waals surface area contributed by atoms with E-state index in [1.165, 1.54) is 5.56 Å². The summed E-state index contributed by atoms with van der Waals surface area (Å²) < 4.78 is 1.92. The number of hydrogen-bond acceptors (Lipinski definition) is 2. The van der Waals surface area contributed by atoms with Crippen molar-refractivity contribution in [2.24, 2.45) is 11.7 Å². The van der Waals surface area contributed by atoms with Crippen LogP contribution in [-0.2, 0) is 6.54 Å². The zero-order valence-corrected chi connectivity index (χ0v) is 8.70. The number of nitrogens with two attached hydrogens (primary N) is 1. The van der Waals surface area contributed by atoms with E-state index in [2.05, 4.69) is 18.9 Å². The fraction of sp³-hybridized carbons (Fsp3) is 0.700. The number of aromatic nitrogens is 2. The van der Waals surface area contributed by atoms with Crippen molar-refractivity contribution in [3.05, 3.63) is 18.0 Å². The maximum Gasteiger partial charge on any atom is 0.0563 e. The van der Waals surface area contributed by atoms with E-state index in [-0.39, 0.29) is 6.04 Å². The molecular weight excluding hydrogens is 162 g/mol. The standard InChI is InChI=1S/C10H19N3/c1-4-9(3)10(11)7-13-6-8(2)5-12-13/h5-6,9-10H,4,7,11H2,1-3H3. The van der Waals surface area contributed by atoms with E-state index in [4.69, 9.17) is 5.73 Å². The molecule has 0 saturated heterocycles. The van der Waals surface area contributed by atoms with Gasteiger partial charge in [-0.2, -0.15) is 5.10 Å². The second-order valence-corrected chi connectivity index (χ2v) is 3.79.